The average molecular weight is 288 g/mol. The lowest BCUT2D eigenvalue weighted by Gasteiger charge is -2.32. The normalized spacial score (nSPS) is 20.4. The third-order valence-corrected chi connectivity index (χ3v) is 3.03. The van der Waals surface area contributed by atoms with Crippen molar-refractivity contribution in [3.8, 4) is 0 Å². The molecule has 20 heavy (non-hydrogen) atoms. The second kappa shape index (κ2) is 7.09. The van der Waals surface area contributed by atoms with Gasteiger partial charge >= 0.3 is 18.0 Å². The van der Waals surface area contributed by atoms with E-state index in [0.29, 0.717) is 0 Å². The van der Waals surface area contributed by atoms with E-state index >= 15 is 0 Å². The highest BCUT2D eigenvalue weighted by atomic mass is 16.5. The lowest BCUT2D eigenvalue weighted by Crippen LogP contribution is -2.55. The summed E-state index contributed by atoms with van der Waals surface area (Å²) in [6, 6.07) is -1.26. The second-order valence-electron chi connectivity index (χ2n) is 4.84. The Morgan fingerprint density at radius 1 is 1.40 bits per heavy atom. The minimum atomic E-state index is -1.11. The van der Waals surface area contributed by atoms with Crippen LogP contribution in [-0.2, 0) is 19.1 Å². The number of amides is 2. The first-order chi connectivity index (χ1) is 9.36. The van der Waals surface area contributed by atoms with Gasteiger partial charge in [-0.25, -0.2) is 14.4 Å². The molecule has 1 aliphatic rings. The van der Waals surface area contributed by atoms with Gasteiger partial charge in [0, 0.05) is 6.54 Å². The summed E-state index contributed by atoms with van der Waals surface area (Å²) in [5, 5.41) is 11.4. The van der Waals surface area contributed by atoms with Crippen molar-refractivity contribution in [3.63, 3.8) is 0 Å². The molecule has 2 amide bonds. The number of hydrogen-bond donors (Lipinski definition) is 2. The molecule has 0 saturated carbocycles. The van der Waals surface area contributed by atoms with E-state index in [0.717, 1.165) is 0 Å². The van der Waals surface area contributed by atoms with Crippen LogP contribution >= 0.6 is 0 Å². The number of rotatable bonds is 4. The van der Waals surface area contributed by atoms with Gasteiger partial charge < -0.3 is 24.8 Å². The fourth-order valence-electron chi connectivity index (χ4n) is 1.83. The van der Waals surface area contributed by atoms with E-state index in [2.05, 4.69) is 10.1 Å². The number of methoxy groups -OCH3 is 1. The fraction of sp³-hybridized carbons (Fsp3) is 0.750. The monoisotopic (exact) mass is 288 g/mol. The average Bonchev–Trinajstić information content (AvgIpc) is 2.43. The van der Waals surface area contributed by atoms with Gasteiger partial charge in [0.2, 0.25) is 0 Å². The molecule has 2 atom stereocenters. The van der Waals surface area contributed by atoms with Crippen molar-refractivity contribution in [1.82, 2.24) is 10.2 Å². The van der Waals surface area contributed by atoms with Gasteiger partial charge in [-0.2, -0.15) is 0 Å². The van der Waals surface area contributed by atoms with Crippen molar-refractivity contribution >= 4 is 18.0 Å². The van der Waals surface area contributed by atoms with Crippen LogP contribution in [0.1, 0.15) is 13.8 Å². The van der Waals surface area contributed by atoms with Gasteiger partial charge in [-0.15, -0.1) is 0 Å². The maximum atomic E-state index is 12.1. The molecule has 8 heteroatoms. The second-order valence-corrected chi connectivity index (χ2v) is 4.84. The van der Waals surface area contributed by atoms with Crippen LogP contribution in [-0.4, -0.2) is 66.9 Å². The van der Waals surface area contributed by atoms with Gasteiger partial charge in [0.05, 0.1) is 20.3 Å². The summed E-state index contributed by atoms with van der Waals surface area (Å²) in [5.41, 5.74) is 0. The number of hydrogen-bond acceptors (Lipinski definition) is 5. The first-order valence-corrected chi connectivity index (χ1v) is 6.34. The molecule has 114 valence electrons. The molecular weight excluding hydrogens is 268 g/mol. The zero-order valence-electron chi connectivity index (χ0n) is 11.8. The molecule has 0 aromatic rings. The zero-order chi connectivity index (χ0) is 15.3. The number of esters is 1. The van der Waals surface area contributed by atoms with Crippen LogP contribution in [0.4, 0.5) is 4.79 Å². The quantitative estimate of drug-likeness (QED) is 0.687. The van der Waals surface area contributed by atoms with Crippen LogP contribution in [0.15, 0.2) is 0 Å². The number of carboxylic acid groups (broad SMARTS) is 1. The SMILES string of the molecule is COC(=O)C(NC(=O)N1CCOC(C(=O)O)C1)C(C)C. The van der Waals surface area contributed by atoms with E-state index in [9.17, 15) is 14.4 Å². The number of carbonyl (C=O) groups is 3. The van der Waals surface area contributed by atoms with Crippen LogP contribution in [0, 0.1) is 5.92 Å². The van der Waals surface area contributed by atoms with Gasteiger partial charge in [0.15, 0.2) is 6.10 Å². The lowest BCUT2D eigenvalue weighted by atomic mass is 10.1. The van der Waals surface area contributed by atoms with Gasteiger partial charge in [-0.3, -0.25) is 0 Å². The van der Waals surface area contributed by atoms with E-state index in [1.165, 1.54) is 12.0 Å². The van der Waals surface area contributed by atoms with Gasteiger partial charge in [0.1, 0.15) is 6.04 Å². The maximum Gasteiger partial charge on any atom is 0.334 e. The van der Waals surface area contributed by atoms with Crippen molar-refractivity contribution in [2.45, 2.75) is 26.0 Å². The molecule has 1 heterocycles. The third-order valence-electron chi connectivity index (χ3n) is 3.03. The van der Waals surface area contributed by atoms with Gasteiger partial charge in [0.25, 0.3) is 0 Å². The Balaban J connectivity index is 2.64. The van der Waals surface area contributed by atoms with Crippen LogP contribution in [0.25, 0.3) is 0 Å². The van der Waals surface area contributed by atoms with E-state index in [4.69, 9.17) is 9.84 Å². The molecule has 1 aliphatic heterocycles. The Hall–Kier alpha value is -1.83. The summed E-state index contributed by atoms with van der Waals surface area (Å²) in [6.45, 7) is 3.94. The molecule has 0 aromatic carbocycles. The Bertz CT molecular complexity index is 384. The summed E-state index contributed by atoms with van der Waals surface area (Å²) < 4.78 is 9.66. The number of nitrogens with zero attached hydrogens (tertiary/aromatic N) is 1. The predicted molar refractivity (Wildman–Crippen MR) is 68.1 cm³/mol. The summed E-state index contributed by atoms with van der Waals surface area (Å²) in [6.07, 6.45) is -1.04. The molecule has 2 unspecified atom stereocenters. The molecule has 1 fully saturated rings. The molecule has 0 aromatic heterocycles. The zero-order valence-corrected chi connectivity index (χ0v) is 11.8. The molecule has 0 spiro atoms. The van der Waals surface area contributed by atoms with E-state index in [-0.39, 0.29) is 25.6 Å². The molecule has 0 bridgehead atoms. The van der Waals surface area contributed by atoms with Crippen molar-refractivity contribution in [2.75, 3.05) is 26.8 Å². The van der Waals surface area contributed by atoms with Crippen molar-refractivity contribution in [1.29, 1.82) is 0 Å². The molecule has 1 rings (SSSR count). The third kappa shape index (κ3) is 4.09. The molecule has 1 saturated heterocycles. The highest BCUT2D eigenvalue weighted by Gasteiger charge is 2.32. The molecular formula is C12H20N2O6. The largest absolute Gasteiger partial charge is 0.479 e. The molecule has 0 radical (unpaired) electrons. The number of ether oxygens (including phenoxy) is 2. The molecule has 0 aliphatic carbocycles. The van der Waals surface area contributed by atoms with E-state index in [1.54, 1.807) is 13.8 Å². The maximum absolute atomic E-state index is 12.1. The van der Waals surface area contributed by atoms with Crippen molar-refractivity contribution in [3.05, 3.63) is 0 Å². The number of carboxylic acids is 1. The minimum absolute atomic E-state index is 0.0485. The summed E-state index contributed by atoms with van der Waals surface area (Å²) in [7, 11) is 1.25. The first kappa shape index (κ1) is 16.2. The topological polar surface area (TPSA) is 105 Å². The number of carbonyl (C=O) groups excluding carboxylic acids is 2. The Kier molecular flexibility index (Phi) is 5.75. The number of urea groups is 1. The van der Waals surface area contributed by atoms with Crippen molar-refractivity contribution in [2.24, 2.45) is 5.92 Å². The van der Waals surface area contributed by atoms with E-state index < -0.39 is 30.1 Å². The number of morpholine rings is 1. The standard InChI is InChI=1S/C12H20N2O6/c1-7(2)9(11(17)19-3)13-12(18)14-4-5-20-8(6-14)10(15)16/h7-9H,4-6H2,1-3H3,(H,13,18)(H,15,16). The predicted octanol–water partition coefficient (Wildman–Crippen LogP) is -0.321. The smallest absolute Gasteiger partial charge is 0.334 e. The number of nitrogens with one attached hydrogen (secondary N) is 1. The van der Waals surface area contributed by atoms with Crippen LogP contribution in [0.5, 0.6) is 0 Å². The highest BCUT2D eigenvalue weighted by molar-refractivity contribution is 5.84. The lowest BCUT2D eigenvalue weighted by molar-refractivity contribution is -0.154. The van der Waals surface area contributed by atoms with Crippen molar-refractivity contribution < 1.29 is 29.0 Å². The van der Waals surface area contributed by atoms with Gasteiger partial charge in [-0.1, -0.05) is 13.8 Å². The minimum Gasteiger partial charge on any atom is -0.479 e. The number of aliphatic carboxylic acids is 1. The fourth-order valence-corrected chi connectivity index (χ4v) is 1.83. The molecule has 8 nitrogen and oxygen atoms in total. The van der Waals surface area contributed by atoms with Gasteiger partial charge in [-0.05, 0) is 5.92 Å². The van der Waals surface area contributed by atoms with Crippen LogP contribution < -0.4 is 5.32 Å². The molecule has 2 N–H and O–H groups in total. The summed E-state index contributed by atoms with van der Waals surface area (Å²) in [5.74, 6) is -1.78. The van der Waals surface area contributed by atoms with E-state index in [1.807, 2.05) is 0 Å². The Morgan fingerprint density at radius 2 is 2.05 bits per heavy atom. The van der Waals surface area contributed by atoms with Crippen LogP contribution in [0.2, 0.25) is 0 Å². The Morgan fingerprint density at radius 3 is 2.55 bits per heavy atom. The first-order valence-electron chi connectivity index (χ1n) is 6.34. The summed E-state index contributed by atoms with van der Waals surface area (Å²) in [4.78, 5) is 35.8. The highest BCUT2D eigenvalue weighted by Crippen LogP contribution is 2.08. The summed E-state index contributed by atoms with van der Waals surface area (Å²) >= 11 is 0. The van der Waals surface area contributed by atoms with Crippen LogP contribution in [0.3, 0.4) is 0 Å². The Labute approximate surface area is 117 Å².